The van der Waals surface area contributed by atoms with E-state index in [2.05, 4.69) is 36.1 Å². The quantitative estimate of drug-likeness (QED) is 0.826. The third-order valence-electron chi connectivity index (χ3n) is 2.50. The van der Waals surface area contributed by atoms with Gasteiger partial charge in [-0.25, -0.2) is 0 Å². The van der Waals surface area contributed by atoms with E-state index in [4.69, 9.17) is 5.73 Å². The van der Waals surface area contributed by atoms with Crippen LogP contribution in [0.15, 0.2) is 30.3 Å². The smallest absolute Gasteiger partial charge is 0.0234 e. The molecule has 1 fully saturated rings. The van der Waals surface area contributed by atoms with Gasteiger partial charge in [0.2, 0.25) is 0 Å². The number of hydrogen-bond donors (Lipinski definition) is 1. The van der Waals surface area contributed by atoms with Crippen molar-refractivity contribution in [2.24, 2.45) is 5.73 Å². The molecule has 0 saturated heterocycles. The predicted octanol–water partition coefficient (Wildman–Crippen LogP) is 2.64. The highest BCUT2D eigenvalue weighted by atomic mass is 15.1. The predicted molar refractivity (Wildman–Crippen MR) is 70.3 cm³/mol. The van der Waals surface area contributed by atoms with Crippen molar-refractivity contribution in [2.45, 2.75) is 32.7 Å². The van der Waals surface area contributed by atoms with Crippen molar-refractivity contribution in [2.75, 3.05) is 19.6 Å². The number of likely N-dealkylation sites (N-methyl/N-ethyl adjacent to an activating group) is 1. The van der Waals surface area contributed by atoms with Crippen LogP contribution in [-0.4, -0.2) is 24.5 Å². The van der Waals surface area contributed by atoms with E-state index in [0.29, 0.717) is 0 Å². The van der Waals surface area contributed by atoms with Crippen molar-refractivity contribution < 1.29 is 0 Å². The monoisotopic (exact) mass is 220 g/mol. The molecule has 0 radical (unpaired) electrons. The Bertz CT molecular complexity index is 254. The van der Waals surface area contributed by atoms with Gasteiger partial charge in [-0.2, -0.15) is 0 Å². The lowest BCUT2D eigenvalue weighted by molar-refractivity contribution is 0.288. The second-order valence-electron chi connectivity index (χ2n) is 4.20. The highest BCUT2D eigenvalue weighted by Crippen LogP contribution is 2.14. The molecule has 16 heavy (non-hydrogen) atoms. The number of benzene rings is 1. The molecule has 1 aliphatic rings. The van der Waals surface area contributed by atoms with Crippen molar-refractivity contribution in [1.82, 2.24) is 4.90 Å². The average Bonchev–Trinajstić information content (AvgIpc) is 3.17. The molecule has 0 aromatic heterocycles. The highest BCUT2D eigenvalue weighted by molar-refractivity contribution is 5.14. The van der Waals surface area contributed by atoms with Crippen LogP contribution in [0.5, 0.6) is 0 Å². The molecule has 0 unspecified atom stereocenters. The molecule has 2 heteroatoms. The van der Waals surface area contributed by atoms with Gasteiger partial charge in [-0.05, 0) is 12.1 Å². The Kier molecular flexibility index (Phi) is 6.86. The molecule has 0 spiro atoms. The lowest BCUT2D eigenvalue weighted by Crippen LogP contribution is -2.28. The molecule has 1 aromatic carbocycles. The van der Waals surface area contributed by atoms with E-state index in [9.17, 15) is 0 Å². The van der Waals surface area contributed by atoms with Crippen molar-refractivity contribution >= 4 is 0 Å². The summed E-state index contributed by atoms with van der Waals surface area (Å²) in [6.45, 7) is 5.95. The first-order valence-corrected chi connectivity index (χ1v) is 6.33. The minimum atomic E-state index is 0.737. The highest BCUT2D eigenvalue weighted by Gasteiger charge is 2.00. The summed E-state index contributed by atoms with van der Waals surface area (Å²) in [5.41, 5.74) is 6.88. The normalized spacial score (nSPS) is 13.2. The summed E-state index contributed by atoms with van der Waals surface area (Å²) < 4.78 is 0. The van der Waals surface area contributed by atoms with Crippen LogP contribution >= 0.6 is 0 Å². The van der Waals surface area contributed by atoms with E-state index in [0.717, 1.165) is 26.2 Å². The molecule has 1 saturated carbocycles. The Morgan fingerprint density at radius 1 is 1.12 bits per heavy atom. The zero-order chi connectivity index (χ0) is 11.6. The van der Waals surface area contributed by atoms with Crippen LogP contribution in [0.2, 0.25) is 0 Å². The summed E-state index contributed by atoms with van der Waals surface area (Å²) in [6, 6.07) is 10.5. The Morgan fingerprint density at radius 2 is 1.75 bits per heavy atom. The van der Waals surface area contributed by atoms with Crippen LogP contribution in [0, 0.1) is 0 Å². The summed E-state index contributed by atoms with van der Waals surface area (Å²) in [5, 5.41) is 0. The first kappa shape index (κ1) is 13.2. The fourth-order valence-electron chi connectivity index (χ4n) is 1.37. The van der Waals surface area contributed by atoms with Gasteiger partial charge in [0.1, 0.15) is 0 Å². The fourth-order valence-corrected chi connectivity index (χ4v) is 1.37. The Labute approximate surface area is 99.5 Å². The molecule has 2 rings (SSSR count). The Balaban J connectivity index is 0.000000365. The summed E-state index contributed by atoms with van der Waals surface area (Å²) in [6.07, 6.45) is 4.50. The van der Waals surface area contributed by atoms with Crippen LogP contribution in [0.3, 0.4) is 0 Å². The van der Waals surface area contributed by atoms with Gasteiger partial charge >= 0.3 is 0 Å². The lowest BCUT2D eigenvalue weighted by Gasteiger charge is -2.19. The molecule has 0 heterocycles. The van der Waals surface area contributed by atoms with Gasteiger partial charge in [-0.15, -0.1) is 0 Å². The molecule has 2 N–H and O–H groups in total. The molecular weight excluding hydrogens is 196 g/mol. The minimum Gasteiger partial charge on any atom is -0.329 e. The zero-order valence-corrected chi connectivity index (χ0v) is 10.4. The fraction of sp³-hybridized carbons (Fsp3) is 0.571. The molecule has 2 nitrogen and oxygen atoms in total. The first-order valence-electron chi connectivity index (χ1n) is 6.33. The van der Waals surface area contributed by atoms with Gasteiger partial charge < -0.3 is 5.73 Å². The SMILES string of the molecule is C1CC1.CCN(CCN)Cc1ccccc1. The van der Waals surface area contributed by atoms with Crippen molar-refractivity contribution in [3.05, 3.63) is 35.9 Å². The first-order chi connectivity index (χ1) is 7.86. The Hall–Kier alpha value is -0.860. The molecule has 0 atom stereocenters. The van der Waals surface area contributed by atoms with Gasteiger partial charge in [-0.1, -0.05) is 56.5 Å². The Morgan fingerprint density at radius 3 is 2.19 bits per heavy atom. The van der Waals surface area contributed by atoms with Crippen molar-refractivity contribution in [3.8, 4) is 0 Å². The molecule has 0 bridgehead atoms. The van der Waals surface area contributed by atoms with Gasteiger partial charge in [0.25, 0.3) is 0 Å². The summed E-state index contributed by atoms with van der Waals surface area (Å²) in [5.74, 6) is 0. The van der Waals surface area contributed by atoms with Gasteiger partial charge in [-0.3, -0.25) is 4.90 Å². The standard InChI is InChI=1S/C11H18N2.C3H6/c1-2-13(9-8-12)10-11-6-4-3-5-7-11;1-2-3-1/h3-7H,2,8-10,12H2,1H3;1-3H2. The largest absolute Gasteiger partial charge is 0.329 e. The van der Waals surface area contributed by atoms with E-state index < -0.39 is 0 Å². The van der Waals surface area contributed by atoms with Crippen LogP contribution in [-0.2, 0) is 6.54 Å². The van der Waals surface area contributed by atoms with Crippen LogP contribution in [0.1, 0.15) is 31.7 Å². The molecule has 0 amide bonds. The number of nitrogens with zero attached hydrogens (tertiary/aromatic N) is 1. The van der Waals surface area contributed by atoms with Crippen LogP contribution < -0.4 is 5.73 Å². The lowest BCUT2D eigenvalue weighted by atomic mass is 10.2. The van der Waals surface area contributed by atoms with Crippen molar-refractivity contribution in [1.29, 1.82) is 0 Å². The van der Waals surface area contributed by atoms with Gasteiger partial charge in [0, 0.05) is 19.6 Å². The molecule has 1 aliphatic carbocycles. The third kappa shape index (κ3) is 6.59. The topological polar surface area (TPSA) is 29.3 Å². The molecule has 90 valence electrons. The van der Waals surface area contributed by atoms with E-state index in [1.807, 2.05) is 6.07 Å². The van der Waals surface area contributed by atoms with E-state index in [1.165, 1.54) is 24.8 Å². The maximum atomic E-state index is 5.52. The summed E-state index contributed by atoms with van der Waals surface area (Å²) >= 11 is 0. The van der Waals surface area contributed by atoms with Gasteiger partial charge in [0.15, 0.2) is 0 Å². The van der Waals surface area contributed by atoms with Crippen molar-refractivity contribution in [3.63, 3.8) is 0 Å². The third-order valence-corrected chi connectivity index (χ3v) is 2.50. The number of rotatable bonds is 5. The molecular formula is C14H24N2. The average molecular weight is 220 g/mol. The molecule has 1 aromatic rings. The number of nitrogens with two attached hydrogens (primary N) is 1. The van der Waals surface area contributed by atoms with E-state index in [1.54, 1.807) is 0 Å². The van der Waals surface area contributed by atoms with E-state index in [-0.39, 0.29) is 0 Å². The van der Waals surface area contributed by atoms with E-state index >= 15 is 0 Å². The maximum absolute atomic E-state index is 5.52. The van der Waals surface area contributed by atoms with Gasteiger partial charge in [0.05, 0.1) is 0 Å². The minimum absolute atomic E-state index is 0.737. The van der Waals surface area contributed by atoms with Crippen LogP contribution in [0.25, 0.3) is 0 Å². The number of hydrogen-bond acceptors (Lipinski definition) is 2. The second kappa shape index (κ2) is 8.31. The summed E-state index contributed by atoms with van der Waals surface area (Å²) in [7, 11) is 0. The summed E-state index contributed by atoms with van der Waals surface area (Å²) in [4.78, 5) is 2.34. The van der Waals surface area contributed by atoms with Crippen LogP contribution in [0.4, 0.5) is 0 Å². The molecule has 0 aliphatic heterocycles. The maximum Gasteiger partial charge on any atom is 0.0234 e. The second-order valence-corrected chi connectivity index (χ2v) is 4.20. The zero-order valence-electron chi connectivity index (χ0n) is 10.4.